The number of benzene rings is 1. The average Bonchev–Trinajstić information content (AvgIpc) is 2.71. The van der Waals surface area contributed by atoms with Crippen molar-refractivity contribution in [2.45, 2.75) is 25.0 Å². The van der Waals surface area contributed by atoms with Gasteiger partial charge in [0.1, 0.15) is 5.82 Å². The molecule has 6 nitrogen and oxygen atoms in total. The summed E-state index contributed by atoms with van der Waals surface area (Å²) in [7, 11) is 0. The molecule has 0 bridgehead atoms. The molecule has 180 valence electrons. The van der Waals surface area contributed by atoms with Gasteiger partial charge in [-0.3, -0.25) is 4.90 Å². The minimum Gasteiger partial charge on any atom is -0.426 e. The lowest BCUT2D eigenvalue weighted by atomic mass is 10.1. The van der Waals surface area contributed by atoms with Gasteiger partial charge in [-0.25, -0.2) is 9.18 Å². The minimum atomic E-state index is -5.76. The molecule has 32 heavy (non-hydrogen) atoms. The minimum absolute atomic E-state index is 0.122. The van der Waals surface area contributed by atoms with Crippen LogP contribution in [0.5, 0.6) is 0 Å². The van der Waals surface area contributed by atoms with Crippen LogP contribution in [0.1, 0.15) is 5.56 Å². The number of alkyl halides is 6. The predicted octanol–water partition coefficient (Wildman–Crippen LogP) is 3.41. The quantitative estimate of drug-likeness (QED) is 0.628. The van der Waals surface area contributed by atoms with Crippen molar-refractivity contribution in [2.24, 2.45) is 0 Å². The third kappa shape index (κ3) is 5.94. The van der Waals surface area contributed by atoms with Gasteiger partial charge in [-0.05, 0) is 11.6 Å². The molecular formula is C19H22F7N3O3. The Hall–Kier alpha value is -2.28. The molecule has 2 aliphatic heterocycles. The molecule has 0 unspecified atom stereocenters. The van der Waals surface area contributed by atoms with Crippen molar-refractivity contribution in [3.8, 4) is 0 Å². The molecule has 1 aromatic carbocycles. The highest BCUT2D eigenvalue weighted by Crippen LogP contribution is 2.36. The zero-order chi connectivity index (χ0) is 23.5. The van der Waals surface area contributed by atoms with Crippen molar-refractivity contribution in [3.63, 3.8) is 0 Å². The second-order valence-electron chi connectivity index (χ2n) is 7.46. The average molecular weight is 473 g/mol. The van der Waals surface area contributed by atoms with Gasteiger partial charge in [0.25, 0.3) is 6.10 Å². The van der Waals surface area contributed by atoms with Crippen molar-refractivity contribution in [2.75, 3.05) is 57.4 Å². The number of para-hydroxylation sites is 1. The van der Waals surface area contributed by atoms with E-state index >= 15 is 0 Å². The van der Waals surface area contributed by atoms with Gasteiger partial charge < -0.3 is 19.3 Å². The number of carbonyl (C=O) groups is 1. The Labute approximate surface area is 179 Å². The van der Waals surface area contributed by atoms with Crippen LogP contribution in [0, 0.1) is 5.82 Å². The number of hydrogen-bond acceptors (Lipinski definition) is 5. The Morgan fingerprint density at radius 2 is 1.56 bits per heavy atom. The highest BCUT2D eigenvalue weighted by molar-refractivity contribution is 5.68. The Kier molecular flexibility index (Phi) is 7.38. The molecule has 0 aromatic heterocycles. The maximum absolute atomic E-state index is 14.5. The summed E-state index contributed by atoms with van der Waals surface area (Å²) in [5, 5.41) is 0. The van der Waals surface area contributed by atoms with E-state index in [-0.39, 0.29) is 26.2 Å². The molecule has 2 heterocycles. The molecule has 2 saturated heterocycles. The maximum atomic E-state index is 14.5. The number of hydrogen-bond donors (Lipinski definition) is 0. The van der Waals surface area contributed by atoms with Crippen LogP contribution < -0.4 is 4.90 Å². The standard InChI is InChI=1S/C19H22F7N3O3/c20-14-3-1-2-13(15(14)28-8-10-31-11-9-28)12-27-4-6-29(7-5-27)17(30)32-16(18(21,22)23)19(24,25)26/h1-3,16H,4-12H2. The van der Waals surface area contributed by atoms with E-state index in [0.29, 0.717) is 44.1 Å². The first kappa shape index (κ1) is 24.4. The van der Waals surface area contributed by atoms with Gasteiger partial charge in [0.2, 0.25) is 0 Å². The predicted molar refractivity (Wildman–Crippen MR) is 98.7 cm³/mol. The summed E-state index contributed by atoms with van der Waals surface area (Å²) in [5.74, 6) is -0.392. The van der Waals surface area contributed by atoms with Gasteiger partial charge in [-0.15, -0.1) is 0 Å². The number of ether oxygens (including phenoxy) is 2. The van der Waals surface area contributed by atoms with Crippen LogP contribution in [-0.2, 0) is 16.0 Å². The number of halogens is 7. The number of anilines is 1. The topological polar surface area (TPSA) is 45.2 Å². The fourth-order valence-electron chi connectivity index (χ4n) is 3.65. The Morgan fingerprint density at radius 3 is 2.12 bits per heavy atom. The summed E-state index contributed by atoms with van der Waals surface area (Å²) < 4.78 is 99.2. The molecule has 0 atom stereocenters. The summed E-state index contributed by atoms with van der Waals surface area (Å²) >= 11 is 0. The molecule has 0 N–H and O–H groups in total. The first-order chi connectivity index (χ1) is 15.0. The van der Waals surface area contributed by atoms with Gasteiger partial charge in [-0.1, -0.05) is 12.1 Å². The van der Waals surface area contributed by atoms with E-state index in [0.717, 1.165) is 4.90 Å². The van der Waals surface area contributed by atoms with Crippen molar-refractivity contribution in [1.82, 2.24) is 9.80 Å². The van der Waals surface area contributed by atoms with Crippen molar-refractivity contribution in [1.29, 1.82) is 0 Å². The van der Waals surface area contributed by atoms with Crippen LogP contribution in [0.2, 0.25) is 0 Å². The lowest BCUT2D eigenvalue weighted by Crippen LogP contribution is -2.52. The molecule has 1 aromatic rings. The smallest absolute Gasteiger partial charge is 0.426 e. The second kappa shape index (κ2) is 9.69. The van der Waals surface area contributed by atoms with Crippen LogP contribution in [0.15, 0.2) is 18.2 Å². The SMILES string of the molecule is O=C(OC(C(F)(F)F)C(F)(F)F)N1CCN(Cc2cccc(F)c2N2CCOCC2)CC1. The molecule has 2 aliphatic rings. The van der Waals surface area contributed by atoms with E-state index in [1.807, 2.05) is 9.80 Å². The van der Waals surface area contributed by atoms with Crippen molar-refractivity contribution >= 4 is 11.8 Å². The van der Waals surface area contributed by atoms with Crippen LogP contribution in [-0.4, -0.2) is 86.8 Å². The molecule has 13 heteroatoms. The normalized spacial score (nSPS) is 18.9. The summed E-state index contributed by atoms with van der Waals surface area (Å²) in [6.07, 6.45) is -17.4. The van der Waals surface area contributed by atoms with Gasteiger partial charge in [0.15, 0.2) is 0 Å². The highest BCUT2D eigenvalue weighted by atomic mass is 19.4. The maximum Gasteiger partial charge on any atom is 0.434 e. The zero-order valence-corrected chi connectivity index (χ0v) is 16.9. The molecular weight excluding hydrogens is 451 g/mol. The summed E-state index contributed by atoms with van der Waals surface area (Å²) in [4.78, 5) is 16.4. The highest BCUT2D eigenvalue weighted by Gasteiger charge is 2.60. The third-order valence-corrected chi connectivity index (χ3v) is 5.24. The molecule has 0 saturated carbocycles. The summed E-state index contributed by atoms with van der Waals surface area (Å²) in [6.45, 7) is 2.39. The van der Waals surface area contributed by atoms with Gasteiger partial charge >= 0.3 is 18.4 Å². The van der Waals surface area contributed by atoms with Crippen LogP contribution in [0.4, 0.5) is 41.2 Å². The van der Waals surface area contributed by atoms with E-state index < -0.39 is 30.4 Å². The Morgan fingerprint density at radius 1 is 0.969 bits per heavy atom. The number of nitrogens with zero attached hydrogens (tertiary/aromatic N) is 3. The van der Waals surface area contributed by atoms with Crippen molar-refractivity contribution < 1.29 is 45.0 Å². The Balaban J connectivity index is 1.60. The fourth-order valence-corrected chi connectivity index (χ4v) is 3.65. The van der Waals surface area contributed by atoms with E-state index in [9.17, 15) is 35.5 Å². The number of carbonyl (C=O) groups excluding carboxylic acids is 1. The monoisotopic (exact) mass is 473 g/mol. The number of amides is 1. The third-order valence-electron chi connectivity index (χ3n) is 5.24. The second-order valence-corrected chi connectivity index (χ2v) is 7.46. The largest absolute Gasteiger partial charge is 0.434 e. The first-order valence-electron chi connectivity index (χ1n) is 9.88. The van der Waals surface area contributed by atoms with E-state index in [1.54, 1.807) is 12.1 Å². The molecule has 1 amide bonds. The molecule has 0 spiro atoms. The lowest BCUT2D eigenvalue weighted by molar-refractivity contribution is -0.308. The lowest BCUT2D eigenvalue weighted by Gasteiger charge is -2.36. The molecule has 0 radical (unpaired) electrons. The number of rotatable bonds is 4. The number of morpholine rings is 1. The number of piperazine rings is 1. The Bertz CT molecular complexity index is 775. The molecule has 2 fully saturated rings. The zero-order valence-electron chi connectivity index (χ0n) is 16.9. The fraction of sp³-hybridized carbons (Fsp3) is 0.632. The van der Waals surface area contributed by atoms with Gasteiger partial charge in [0.05, 0.1) is 18.9 Å². The van der Waals surface area contributed by atoms with E-state index in [4.69, 9.17) is 4.74 Å². The first-order valence-corrected chi connectivity index (χ1v) is 9.88. The van der Waals surface area contributed by atoms with Crippen LogP contribution in [0.3, 0.4) is 0 Å². The van der Waals surface area contributed by atoms with Gasteiger partial charge in [-0.2, -0.15) is 26.3 Å². The van der Waals surface area contributed by atoms with E-state index in [1.165, 1.54) is 6.07 Å². The molecule has 3 rings (SSSR count). The van der Waals surface area contributed by atoms with Gasteiger partial charge in [0, 0.05) is 45.8 Å². The van der Waals surface area contributed by atoms with Crippen LogP contribution in [0.25, 0.3) is 0 Å². The van der Waals surface area contributed by atoms with Crippen LogP contribution >= 0.6 is 0 Å². The van der Waals surface area contributed by atoms with Crippen molar-refractivity contribution in [3.05, 3.63) is 29.6 Å². The summed E-state index contributed by atoms with van der Waals surface area (Å²) in [5.41, 5.74) is 1.13. The van der Waals surface area contributed by atoms with E-state index in [2.05, 4.69) is 4.74 Å². The molecule has 0 aliphatic carbocycles. The summed E-state index contributed by atoms with van der Waals surface area (Å²) in [6, 6.07) is 4.67.